The molecule has 1 N–H and O–H groups in total. The Morgan fingerprint density at radius 1 is 1.57 bits per heavy atom. The van der Waals surface area contributed by atoms with Crippen LogP contribution in [0.15, 0.2) is 6.58 Å². The van der Waals surface area contributed by atoms with E-state index < -0.39 is 0 Å². The first kappa shape index (κ1) is 26.0. The van der Waals surface area contributed by atoms with Crippen molar-refractivity contribution in [3.8, 4) is 0 Å². The van der Waals surface area contributed by atoms with Crippen molar-refractivity contribution in [3.63, 3.8) is 0 Å². The van der Waals surface area contributed by atoms with Crippen molar-refractivity contribution >= 4 is 29.5 Å². The van der Waals surface area contributed by atoms with E-state index in [-0.39, 0.29) is 46.5 Å². The molecule has 0 amide bonds. The second-order valence-electron chi connectivity index (χ2n) is 0.105. The van der Waals surface area contributed by atoms with Crippen molar-refractivity contribution in [1.29, 1.82) is 0 Å². The number of hydrogen-bond acceptors (Lipinski definition) is 1. The third kappa shape index (κ3) is 616. The van der Waals surface area contributed by atoms with Gasteiger partial charge < -0.3 is 28.7 Å². The first-order valence-electron chi connectivity index (χ1n) is 0.902. The Kier molecular flexibility index (Phi) is 337. The third-order valence-corrected chi connectivity index (χ3v) is 0. The predicted octanol–water partition coefficient (Wildman–Crippen LogP) is -3.07. The summed E-state index contributed by atoms with van der Waals surface area (Å²) in [5, 5.41) is 6.89. The molecule has 0 aromatic rings. The molecule has 0 aliphatic carbocycles. The van der Waals surface area contributed by atoms with E-state index in [0.717, 1.165) is 0 Å². The van der Waals surface area contributed by atoms with Crippen LogP contribution in [-0.4, -0.2) is 34.6 Å². The molecule has 0 aromatic carbocycles. The maximum atomic E-state index is 8.36. The van der Waals surface area contributed by atoms with Crippen LogP contribution in [-0.2, 0) is 4.79 Å². The van der Waals surface area contributed by atoms with Gasteiger partial charge in [-0.25, -0.2) is 0 Å². The summed E-state index contributed by atoms with van der Waals surface area (Å²) < 4.78 is 0. The van der Waals surface area contributed by atoms with Gasteiger partial charge in [-0.3, -0.25) is 11.4 Å². The number of carbonyl (C=O) groups is 1. The zero-order chi connectivity index (χ0) is 4.71. The molecule has 0 aliphatic heterocycles. The summed E-state index contributed by atoms with van der Waals surface area (Å²) in [6.45, 7) is 6.75. The summed E-state index contributed by atoms with van der Waals surface area (Å²) in [6.07, 6.45) is 0. The molecule has 0 spiro atoms. The van der Waals surface area contributed by atoms with Gasteiger partial charge in [0.1, 0.15) is 0 Å². The molecule has 0 saturated carbocycles. The Morgan fingerprint density at radius 2 is 1.57 bits per heavy atom. The van der Waals surface area contributed by atoms with Crippen molar-refractivity contribution in [3.05, 3.63) is 13.2 Å². The van der Waals surface area contributed by atoms with E-state index in [1.54, 1.807) is 0 Å². The van der Waals surface area contributed by atoms with Crippen molar-refractivity contribution in [2.75, 3.05) is 0 Å². The second kappa shape index (κ2) is 90.6. The Bertz CT molecular complexity index is 26.9. The summed E-state index contributed by atoms with van der Waals surface area (Å²) >= 11 is 0. The Hall–Kier alpha value is 0.456. The molecule has 0 bridgehead atoms. The molecule has 0 fully saturated rings. The smallest absolute Gasteiger partial charge is 1.00 e. The average molecular weight is 177 g/mol. The molecule has 0 heterocycles. The van der Waals surface area contributed by atoms with E-state index >= 15 is 0 Å². The zero-order valence-electron chi connectivity index (χ0n) is 3.80. The predicted molar refractivity (Wildman–Crippen MR) is 24.4 cm³/mol. The van der Waals surface area contributed by atoms with Crippen LogP contribution in [0.5, 0.6) is 0 Å². The van der Waals surface area contributed by atoms with Crippen LogP contribution in [0.3, 0.4) is 0 Å². The zero-order valence-corrected chi connectivity index (χ0v) is 6.80. The largest absolute Gasteiger partial charge is 2.00 e. The summed E-state index contributed by atoms with van der Waals surface area (Å²) in [5.74, 6) is 0. The van der Waals surface area contributed by atoms with Gasteiger partial charge in [0.2, 0.25) is 0 Å². The first-order valence-corrected chi connectivity index (χ1v) is 0.902. The molecule has 38 valence electrons. The van der Waals surface area contributed by atoms with E-state index in [9.17, 15) is 0 Å². The van der Waals surface area contributed by atoms with Crippen molar-refractivity contribution in [2.45, 2.75) is 0 Å². The standard InChI is InChI=1S/C2H3.CH2O2.BrH.Mg/c1-2;2-1-3;;/h1H,2H2;1H,(H,2,3);1H;/q-1;;;+2/p-1. The summed E-state index contributed by atoms with van der Waals surface area (Å²) in [6, 6.07) is 0. The Morgan fingerprint density at radius 3 is 1.57 bits per heavy atom. The van der Waals surface area contributed by atoms with Gasteiger partial charge in [-0.15, -0.1) is 0 Å². The molecule has 0 unspecified atom stereocenters. The summed E-state index contributed by atoms with van der Waals surface area (Å²) in [5.41, 5.74) is 0. The normalized spacial score (nSPS) is 2.29. The van der Waals surface area contributed by atoms with Gasteiger partial charge in [-0.1, -0.05) is 0 Å². The quantitative estimate of drug-likeness (QED) is 0.242. The minimum Gasteiger partial charge on any atom is -1.00 e. The molecule has 0 saturated heterocycles. The number of rotatable bonds is 0. The maximum Gasteiger partial charge on any atom is 2.00 e. The monoisotopic (exact) mass is 176 g/mol. The molecule has 0 aromatic heterocycles. The molecule has 0 aliphatic rings. The second-order valence-corrected chi connectivity index (χ2v) is 0.105. The molecule has 0 rings (SSSR count). The Labute approximate surface area is 69.5 Å². The van der Waals surface area contributed by atoms with Gasteiger partial charge in [-0.2, -0.15) is 0 Å². The van der Waals surface area contributed by atoms with E-state index in [1.807, 2.05) is 0 Å². The van der Waals surface area contributed by atoms with Gasteiger partial charge in [0.15, 0.2) is 0 Å². The average Bonchev–Trinajstić information content (AvgIpc) is 1.46. The van der Waals surface area contributed by atoms with Gasteiger partial charge in [0.05, 0.1) is 0 Å². The van der Waals surface area contributed by atoms with Crippen LogP contribution in [0.4, 0.5) is 0 Å². The van der Waals surface area contributed by atoms with E-state index in [1.165, 1.54) is 0 Å². The first-order chi connectivity index (χ1) is 2.41. The van der Waals surface area contributed by atoms with Crippen molar-refractivity contribution in [2.24, 2.45) is 0 Å². The molecule has 4 heteroatoms. The van der Waals surface area contributed by atoms with Gasteiger partial charge >= 0.3 is 23.1 Å². The van der Waals surface area contributed by atoms with Crippen molar-refractivity contribution in [1.82, 2.24) is 0 Å². The number of hydrogen-bond donors (Lipinski definition) is 1. The molecule has 0 atom stereocenters. The van der Waals surface area contributed by atoms with Crippen molar-refractivity contribution < 1.29 is 26.9 Å². The molecule has 7 heavy (non-hydrogen) atoms. The molecular formula is C3H5BrMgO2. The number of carboxylic acid groups (broad SMARTS) is 1. The molecule has 2 nitrogen and oxygen atoms in total. The fourth-order valence-corrected chi connectivity index (χ4v) is 0. The van der Waals surface area contributed by atoms with Crippen LogP contribution < -0.4 is 17.0 Å². The summed E-state index contributed by atoms with van der Waals surface area (Å²) in [7, 11) is 0. The minimum absolute atomic E-state index is 0. The van der Waals surface area contributed by atoms with Gasteiger partial charge in [-0.05, 0) is 0 Å². The van der Waals surface area contributed by atoms with Crippen LogP contribution in [0.1, 0.15) is 0 Å². The number of halogens is 1. The third-order valence-electron chi connectivity index (χ3n) is 0. The van der Waals surface area contributed by atoms with Gasteiger partial charge in [0.25, 0.3) is 6.47 Å². The maximum absolute atomic E-state index is 8.36. The fourth-order valence-electron chi connectivity index (χ4n) is 0. The van der Waals surface area contributed by atoms with Crippen LogP contribution >= 0.6 is 0 Å². The summed E-state index contributed by atoms with van der Waals surface area (Å²) in [4.78, 5) is 8.36. The molecular weight excluding hydrogens is 172 g/mol. The van der Waals surface area contributed by atoms with E-state index in [2.05, 4.69) is 13.2 Å². The van der Waals surface area contributed by atoms with Gasteiger partial charge in [0, 0.05) is 0 Å². The minimum atomic E-state index is -0.250. The van der Waals surface area contributed by atoms with Crippen LogP contribution in [0, 0.1) is 6.58 Å². The van der Waals surface area contributed by atoms with Crippen LogP contribution in [0.25, 0.3) is 0 Å². The topological polar surface area (TPSA) is 37.3 Å². The fraction of sp³-hybridized carbons (Fsp3) is 0. The Balaban J connectivity index is -0.0000000105. The van der Waals surface area contributed by atoms with E-state index in [4.69, 9.17) is 9.90 Å². The van der Waals surface area contributed by atoms with Crippen LogP contribution in [0.2, 0.25) is 0 Å². The SMILES string of the molecule is O=CO.[Br-].[CH-]=C.[Mg+2]. The molecule has 0 radical (unpaired) electrons. The van der Waals surface area contributed by atoms with E-state index in [0.29, 0.717) is 0 Å².